The molecule has 0 atom stereocenters. The first-order valence-corrected chi connectivity index (χ1v) is 11.8. The first kappa shape index (κ1) is 23.9. The number of esters is 1. The summed E-state index contributed by atoms with van der Waals surface area (Å²) in [5.41, 5.74) is 8.42. The Kier molecular flexibility index (Phi) is 7.57. The van der Waals surface area contributed by atoms with E-state index in [-0.39, 0.29) is 6.61 Å². The lowest BCUT2D eigenvalue weighted by molar-refractivity contribution is 0.0437. The van der Waals surface area contributed by atoms with Gasteiger partial charge in [0.15, 0.2) is 12.4 Å². The SMILES string of the molecule is NC(=O)c1ccc(CSc2ccc(C(=O)OCc3cc(-c4ccc(Cl)cc4Cl)no3)cc2)cc1. The number of aromatic nitrogens is 1. The molecule has 2 N–H and O–H groups in total. The summed E-state index contributed by atoms with van der Waals surface area (Å²) in [6, 6.07) is 21.0. The molecule has 4 aromatic rings. The fraction of sp³-hybridized carbons (Fsp3) is 0.0800. The Bertz CT molecular complexity index is 1320. The number of ether oxygens (including phenoxy) is 1. The number of nitrogens with zero attached hydrogens (tertiary/aromatic N) is 1. The first-order chi connectivity index (χ1) is 16.4. The summed E-state index contributed by atoms with van der Waals surface area (Å²) < 4.78 is 10.6. The highest BCUT2D eigenvalue weighted by Gasteiger charge is 2.13. The maximum Gasteiger partial charge on any atom is 0.338 e. The van der Waals surface area contributed by atoms with Crippen LogP contribution in [-0.4, -0.2) is 17.0 Å². The molecule has 0 spiro atoms. The Morgan fingerprint density at radius 2 is 1.65 bits per heavy atom. The number of hydrogen-bond donors (Lipinski definition) is 1. The Morgan fingerprint density at radius 3 is 2.32 bits per heavy atom. The molecule has 0 unspecified atom stereocenters. The van der Waals surface area contributed by atoms with Crippen molar-refractivity contribution >= 4 is 46.8 Å². The average molecular weight is 513 g/mol. The number of carbonyl (C=O) groups is 2. The third kappa shape index (κ3) is 5.99. The molecule has 0 aliphatic rings. The topological polar surface area (TPSA) is 95.4 Å². The summed E-state index contributed by atoms with van der Waals surface area (Å²) in [7, 11) is 0. The third-order valence-corrected chi connectivity index (χ3v) is 6.48. The minimum absolute atomic E-state index is 0.0607. The van der Waals surface area contributed by atoms with Crippen molar-refractivity contribution in [3.63, 3.8) is 0 Å². The highest BCUT2D eigenvalue weighted by atomic mass is 35.5. The third-order valence-electron chi connectivity index (χ3n) is 4.85. The van der Waals surface area contributed by atoms with Crippen LogP contribution in [0.25, 0.3) is 11.3 Å². The standard InChI is InChI=1S/C25H18Cl2N2O4S/c26-18-7-10-21(22(27)11-18)23-12-19(33-29-23)13-32-25(31)17-5-8-20(9-6-17)34-14-15-1-3-16(4-2-15)24(28)30/h1-12H,13-14H2,(H2,28,30). The van der Waals surface area contributed by atoms with E-state index in [1.165, 1.54) is 0 Å². The molecule has 0 fully saturated rings. The van der Waals surface area contributed by atoms with Crippen LogP contribution in [0.4, 0.5) is 0 Å². The zero-order chi connectivity index (χ0) is 24.1. The second-order valence-corrected chi connectivity index (χ2v) is 9.15. The van der Waals surface area contributed by atoms with Gasteiger partial charge in [-0.2, -0.15) is 0 Å². The van der Waals surface area contributed by atoms with Crippen LogP contribution >= 0.6 is 35.0 Å². The molecule has 0 saturated heterocycles. The molecule has 1 amide bonds. The second-order valence-electron chi connectivity index (χ2n) is 7.25. The van der Waals surface area contributed by atoms with Crippen molar-refractivity contribution in [1.29, 1.82) is 0 Å². The Morgan fingerprint density at radius 1 is 0.941 bits per heavy atom. The molecule has 0 aliphatic carbocycles. The second kappa shape index (κ2) is 10.8. The van der Waals surface area contributed by atoms with Crippen molar-refractivity contribution in [2.75, 3.05) is 0 Å². The average Bonchev–Trinajstić information content (AvgIpc) is 3.30. The summed E-state index contributed by atoms with van der Waals surface area (Å²) in [5.74, 6) is 0.190. The van der Waals surface area contributed by atoms with Crippen LogP contribution in [0.15, 0.2) is 82.2 Å². The Labute approximate surface area is 210 Å². The van der Waals surface area contributed by atoms with E-state index in [0.717, 1.165) is 10.5 Å². The van der Waals surface area contributed by atoms with Gasteiger partial charge in [-0.1, -0.05) is 40.5 Å². The van der Waals surface area contributed by atoms with E-state index >= 15 is 0 Å². The Hall–Kier alpha value is -3.26. The predicted octanol–water partition coefficient (Wildman–Crippen LogP) is 6.40. The summed E-state index contributed by atoms with van der Waals surface area (Å²) >= 11 is 13.7. The summed E-state index contributed by atoms with van der Waals surface area (Å²) in [6.07, 6.45) is 0. The number of benzene rings is 3. The zero-order valence-corrected chi connectivity index (χ0v) is 20.0. The van der Waals surface area contributed by atoms with Crippen molar-refractivity contribution < 1.29 is 18.8 Å². The molecule has 0 bridgehead atoms. The lowest BCUT2D eigenvalue weighted by Gasteiger charge is -2.05. The van der Waals surface area contributed by atoms with Gasteiger partial charge in [0.2, 0.25) is 5.91 Å². The molecule has 34 heavy (non-hydrogen) atoms. The van der Waals surface area contributed by atoms with Crippen LogP contribution < -0.4 is 5.73 Å². The maximum atomic E-state index is 12.4. The number of amides is 1. The molecule has 0 radical (unpaired) electrons. The molecule has 3 aromatic carbocycles. The van der Waals surface area contributed by atoms with E-state index in [4.69, 9.17) is 38.2 Å². The van der Waals surface area contributed by atoms with Crippen LogP contribution in [0.2, 0.25) is 10.0 Å². The highest BCUT2D eigenvalue weighted by Crippen LogP contribution is 2.30. The fourth-order valence-electron chi connectivity index (χ4n) is 3.04. The minimum Gasteiger partial charge on any atom is -0.454 e. The lowest BCUT2D eigenvalue weighted by atomic mass is 10.1. The number of hydrogen-bond acceptors (Lipinski definition) is 6. The molecular weight excluding hydrogens is 495 g/mol. The zero-order valence-electron chi connectivity index (χ0n) is 17.7. The van der Waals surface area contributed by atoms with E-state index in [1.807, 2.05) is 24.3 Å². The van der Waals surface area contributed by atoms with E-state index in [1.54, 1.807) is 60.3 Å². The predicted molar refractivity (Wildman–Crippen MR) is 132 cm³/mol. The van der Waals surface area contributed by atoms with E-state index in [2.05, 4.69) is 5.16 Å². The normalized spacial score (nSPS) is 10.8. The molecule has 172 valence electrons. The van der Waals surface area contributed by atoms with Crippen LogP contribution in [0.3, 0.4) is 0 Å². The number of rotatable bonds is 8. The van der Waals surface area contributed by atoms with E-state index in [9.17, 15) is 9.59 Å². The summed E-state index contributed by atoms with van der Waals surface area (Å²) in [5, 5.41) is 4.95. The van der Waals surface area contributed by atoms with Crippen LogP contribution in [0.1, 0.15) is 32.0 Å². The highest BCUT2D eigenvalue weighted by molar-refractivity contribution is 7.98. The van der Waals surface area contributed by atoms with Crippen molar-refractivity contribution in [3.8, 4) is 11.3 Å². The molecule has 6 nitrogen and oxygen atoms in total. The summed E-state index contributed by atoms with van der Waals surface area (Å²) in [6.45, 7) is -0.0607. The van der Waals surface area contributed by atoms with Gasteiger partial charge >= 0.3 is 5.97 Å². The van der Waals surface area contributed by atoms with Gasteiger partial charge in [0.1, 0.15) is 5.69 Å². The summed E-state index contributed by atoms with van der Waals surface area (Å²) in [4.78, 5) is 24.5. The quantitative estimate of drug-likeness (QED) is 0.217. The van der Waals surface area contributed by atoms with Gasteiger partial charge in [-0.25, -0.2) is 4.79 Å². The molecule has 0 saturated carbocycles. The molecule has 1 aromatic heterocycles. The van der Waals surface area contributed by atoms with Gasteiger partial charge in [0, 0.05) is 32.9 Å². The monoisotopic (exact) mass is 512 g/mol. The van der Waals surface area contributed by atoms with E-state index in [0.29, 0.717) is 43.9 Å². The number of primary amides is 1. The van der Waals surface area contributed by atoms with Crippen molar-refractivity contribution in [2.45, 2.75) is 17.3 Å². The Balaban J connectivity index is 1.30. The number of thioether (sulfide) groups is 1. The van der Waals surface area contributed by atoms with Gasteiger partial charge in [-0.05, 0) is 60.2 Å². The van der Waals surface area contributed by atoms with Gasteiger partial charge in [0.25, 0.3) is 0 Å². The molecule has 9 heteroatoms. The number of nitrogens with two attached hydrogens (primary N) is 1. The van der Waals surface area contributed by atoms with Gasteiger partial charge in [-0.3, -0.25) is 4.79 Å². The molecule has 4 rings (SSSR count). The van der Waals surface area contributed by atoms with Crippen molar-refractivity contribution in [2.24, 2.45) is 5.73 Å². The van der Waals surface area contributed by atoms with Crippen molar-refractivity contribution in [1.82, 2.24) is 5.16 Å². The van der Waals surface area contributed by atoms with Gasteiger partial charge < -0.3 is 15.0 Å². The van der Waals surface area contributed by atoms with Gasteiger partial charge in [0.05, 0.1) is 10.6 Å². The fourth-order valence-corrected chi connectivity index (χ4v) is 4.40. The first-order valence-electron chi connectivity index (χ1n) is 10.1. The van der Waals surface area contributed by atoms with Crippen molar-refractivity contribution in [3.05, 3.63) is 105 Å². The van der Waals surface area contributed by atoms with Crippen LogP contribution in [-0.2, 0) is 17.1 Å². The lowest BCUT2D eigenvalue weighted by Crippen LogP contribution is -2.10. The maximum absolute atomic E-state index is 12.4. The van der Waals surface area contributed by atoms with Gasteiger partial charge in [-0.15, -0.1) is 11.8 Å². The molecule has 1 heterocycles. The number of halogens is 2. The van der Waals surface area contributed by atoms with Crippen LogP contribution in [0, 0.1) is 0 Å². The van der Waals surface area contributed by atoms with Crippen LogP contribution in [0.5, 0.6) is 0 Å². The van der Waals surface area contributed by atoms with E-state index < -0.39 is 11.9 Å². The smallest absolute Gasteiger partial charge is 0.338 e. The molecular formula is C25H18Cl2N2O4S. The number of carbonyl (C=O) groups excluding carboxylic acids is 2. The minimum atomic E-state index is -0.471. The largest absolute Gasteiger partial charge is 0.454 e. The molecule has 0 aliphatic heterocycles.